The topological polar surface area (TPSA) is 41.9 Å². The summed E-state index contributed by atoms with van der Waals surface area (Å²) in [5.41, 5.74) is 2.54. The third-order valence-corrected chi connectivity index (χ3v) is 5.55. The molecule has 1 aromatic rings. The summed E-state index contributed by atoms with van der Waals surface area (Å²) in [4.78, 5) is 2.47. The largest absolute Gasteiger partial charge is 0.493 e. The van der Waals surface area contributed by atoms with E-state index in [4.69, 9.17) is 9.47 Å². The molecular formula is C19H28FNO3. The Morgan fingerprint density at radius 2 is 1.96 bits per heavy atom. The molecule has 134 valence electrons. The number of piperidine rings is 1. The number of aliphatic hydroxyl groups is 1. The van der Waals surface area contributed by atoms with Crippen LogP contribution in [0.4, 0.5) is 4.39 Å². The molecule has 2 heterocycles. The fraction of sp³-hybridized carbons (Fsp3) is 0.684. The van der Waals surface area contributed by atoms with Gasteiger partial charge in [0, 0.05) is 19.1 Å². The van der Waals surface area contributed by atoms with Gasteiger partial charge in [-0.2, -0.15) is 0 Å². The van der Waals surface area contributed by atoms with Gasteiger partial charge in [-0.05, 0) is 54.9 Å². The van der Waals surface area contributed by atoms with Gasteiger partial charge >= 0.3 is 0 Å². The van der Waals surface area contributed by atoms with Crippen molar-refractivity contribution in [3.63, 3.8) is 0 Å². The van der Waals surface area contributed by atoms with E-state index in [1.165, 1.54) is 11.1 Å². The van der Waals surface area contributed by atoms with Gasteiger partial charge in [0.1, 0.15) is 0 Å². The lowest BCUT2D eigenvalue weighted by Crippen LogP contribution is -2.48. The van der Waals surface area contributed by atoms with Crippen molar-refractivity contribution in [2.75, 3.05) is 34.0 Å². The Morgan fingerprint density at radius 1 is 1.21 bits per heavy atom. The maximum Gasteiger partial charge on any atom is 0.161 e. The van der Waals surface area contributed by atoms with E-state index in [1.807, 2.05) is 0 Å². The first-order chi connectivity index (χ1) is 11.7. The van der Waals surface area contributed by atoms with Crippen LogP contribution in [-0.4, -0.2) is 50.1 Å². The minimum atomic E-state index is -0.315. The van der Waals surface area contributed by atoms with Crippen LogP contribution in [0.25, 0.3) is 0 Å². The molecule has 0 spiro atoms. The van der Waals surface area contributed by atoms with E-state index in [-0.39, 0.29) is 24.7 Å². The number of halogens is 1. The molecule has 24 heavy (non-hydrogen) atoms. The second kappa shape index (κ2) is 7.70. The van der Waals surface area contributed by atoms with Crippen LogP contribution in [0.5, 0.6) is 11.5 Å². The predicted molar refractivity (Wildman–Crippen MR) is 91.5 cm³/mol. The molecular weight excluding hydrogens is 309 g/mol. The van der Waals surface area contributed by atoms with Gasteiger partial charge in [-0.15, -0.1) is 0 Å². The van der Waals surface area contributed by atoms with E-state index in [9.17, 15) is 9.50 Å². The average Bonchev–Trinajstić information content (AvgIpc) is 2.61. The zero-order valence-electron chi connectivity index (χ0n) is 14.6. The van der Waals surface area contributed by atoms with E-state index in [0.29, 0.717) is 6.42 Å². The van der Waals surface area contributed by atoms with Crippen molar-refractivity contribution >= 4 is 0 Å². The van der Waals surface area contributed by atoms with Crippen LogP contribution in [0, 0.1) is 5.92 Å². The predicted octanol–water partition coefficient (Wildman–Crippen LogP) is 3.12. The molecule has 0 aliphatic carbocycles. The summed E-state index contributed by atoms with van der Waals surface area (Å²) >= 11 is 0. The van der Waals surface area contributed by atoms with E-state index in [2.05, 4.69) is 17.0 Å². The highest BCUT2D eigenvalue weighted by atomic mass is 19.1. The molecule has 2 aliphatic heterocycles. The lowest BCUT2D eigenvalue weighted by atomic mass is 9.80. The Balaban J connectivity index is 1.78. The van der Waals surface area contributed by atoms with Crippen LogP contribution in [0.2, 0.25) is 0 Å². The molecule has 0 saturated carbocycles. The first-order valence-electron chi connectivity index (χ1n) is 8.90. The molecule has 5 heteroatoms. The number of nitrogens with zero attached hydrogens (tertiary/aromatic N) is 1. The molecule has 0 radical (unpaired) electrons. The van der Waals surface area contributed by atoms with Crippen molar-refractivity contribution in [1.29, 1.82) is 0 Å². The summed E-state index contributed by atoms with van der Waals surface area (Å²) in [6.45, 7) is 1.63. The number of methoxy groups -OCH3 is 2. The van der Waals surface area contributed by atoms with Gasteiger partial charge in [0.05, 0.1) is 27.0 Å². The summed E-state index contributed by atoms with van der Waals surface area (Å²) in [7, 11) is 3.31. The van der Waals surface area contributed by atoms with Gasteiger partial charge < -0.3 is 14.6 Å². The third-order valence-electron chi connectivity index (χ3n) is 5.55. The van der Waals surface area contributed by atoms with Crippen LogP contribution in [0.15, 0.2) is 12.1 Å². The monoisotopic (exact) mass is 337 g/mol. The number of aliphatic hydroxyl groups excluding tert-OH is 1. The number of fused-ring (bicyclic) bond motifs is 3. The molecule has 3 atom stereocenters. The molecule has 4 nitrogen and oxygen atoms in total. The second-order valence-electron chi connectivity index (χ2n) is 6.91. The van der Waals surface area contributed by atoms with Crippen molar-refractivity contribution in [3.8, 4) is 11.5 Å². The van der Waals surface area contributed by atoms with Crippen molar-refractivity contribution in [2.24, 2.45) is 5.92 Å². The van der Waals surface area contributed by atoms with Crippen LogP contribution >= 0.6 is 0 Å². The van der Waals surface area contributed by atoms with Crippen molar-refractivity contribution in [3.05, 3.63) is 23.3 Å². The molecule has 0 bridgehead atoms. The molecule has 3 rings (SSSR count). The Labute approximate surface area is 143 Å². The van der Waals surface area contributed by atoms with Gasteiger partial charge in [-0.3, -0.25) is 9.29 Å². The molecule has 1 aromatic carbocycles. The lowest BCUT2D eigenvalue weighted by molar-refractivity contribution is -0.0159. The second-order valence-corrected chi connectivity index (χ2v) is 6.91. The van der Waals surface area contributed by atoms with Crippen molar-refractivity contribution < 1.29 is 19.0 Å². The van der Waals surface area contributed by atoms with Gasteiger partial charge in [0.25, 0.3) is 0 Å². The Kier molecular flexibility index (Phi) is 5.61. The Hall–Kier alpha value is -1.33. The number of hydrogen-bond acceptors (Lipinski definition) is 4. The molecule has 0 unspecified atom stereocenters. The van der Waals surface area contributed by atoms with Gasteiger partial charge in [0.15, 0.2) is 11.5 Å². The maximum absolute atomic E-state index is 12.3. The normalized spacial score (nSPS) is 26.6. The minimum Gasteiger partial charge on any atom is -0.493 e. The number of hydrogen-bond donors (Lipinski definition) is 1. The van der Waals surface area contributed by atoms with Crippen molar-refractivity contribution in [2.45, 2.75) is 44.2 Å². The minimum absolute atomic E-state index is 0.237. The molecule has 1 N–H and O–H groups in total. The number of unbranched alkanes of at least 4 members (excludes halogenated alkanes) is 1. The number of benzene rings is 1. The van der Waals surface area contributed by atoms with Crippen LogP contribution in [0.1, 0.15) is 42.9 Å². The lowest BCUT2D eigenvalue weighted by Gasteiger charge is -2.46. The summed E-state index contributed by atoms with van der Waals surface area (Å²) in [5.74, 6) is 1.78. The summed E-state index contributed by atoms with van der Waals surface area (Å²) in [5, 5.41) is 10.6. The van der Waals surface area contributed by atoms with Crippen LogP contribution in [-0.2, 0) is 6.42 Å². The van der Waals surface area contributed by atoms with Gasteiger partial charge in [-0.25, -0.2) is 0 Å². The summed E-state index contributed by atoms with van der Waals surface area (Å²) in [6, 6.07) is 4.38. The molecule has 1 saturated heterocycles. The van der Waals surface area contributed by atoms with E-state index in [1.54, 1.807) is 14.2 Å². The Bertz CT molecular complexity index is 566. The SMILES string of the molecule is COc1cc2c(cc1OC)[C@H]1C[C@@H](O)[C@H](CCCCF)CN1CC2. The van der Waals surface area contributed by atoms with E-state index >= 15 is 0 Å². The van der Waals surface area contributed by atoms with Crippen LogP contribution < -0.4 is 9.47 Å². The third kappa shape index (κ3) is 3.38. The fourth-order valence-corrected chi connectivity index (χ4v) is 4.20. The summed E-state index contributed by atoms with van der Waals surface area (Å²) < 4.78 is 23.2. The van der Waals surface area contributed by atoms with Gasteiger partial charge in [0.2, 0.25) is 0 Å². The smallest absolute Gasteiger partial charge is 0.161 e. The van der Waals surface area contributed by atoms with Gasteiger partial charge in [-0.1, -0.05) is 6.42 Å². The zero-order chi connectivity index (χ0) is 17.1. The molecule has 0 aromatic heterocycles. The number of ether oxygens (including phenoxy) is 2. The standard InChI is InChI=1S/C19H28FNO3/c1-23-18-9-13-6-8-21-12-14(5-3-4-7-20)17(22)11-16(21)15(13)10-19(18)24-2/h9-10,14,16-17,22H,3-8,11-12H2,1-2H3/t14-,16-,17-/m1/s1. The number of rotatable bonds is 6. The summed E-state index contributed by atoms with van der Waals surface area (Å²) in [6.07, 6.45) is 3.78. The first kappa shape index (κ1) is 17.5. The van der Waals surface area contributed by atoms with Crippen molar-refractivity contribution in [1.82, 2.24) is 4.90 Å². The Morgan fingerprint density at radius 3 is 2.67 bits per heavy atom. The van der Waals surface area contributed by atoms with Crippen LogP contribution in [0.3, 0.4) is 0 Å². The quantitative estimate of drug-likeness (QED) is 0.810. The molecule has 0 amide bonds. The number of alkyl halides is 1. The highest BCUT2D eigenvalue weighted by Crippen LogP contribution is 2.43. The molecule has 2 aliphatic rings. The maximum atomic E-state index is 12.3. The highest BCUT2D eigenvalue weighted by molar-refractivity contribution is 5.49. The highest BCUT2D eigenvalue weighted by Gasteiger charge is 2.38. The zero-order valence-corrected chi connectivity index (χ0v) is 14.6. The first-order valence-corrected chi connectivity index (χ1v) is 8.90. The molecule has 1 fully saturated rings. The fourth-order valence-electron chi connectivity index (χ4n) is 4.20. The average molecular weight is 337 g/mol. The van der Waals surface area contributed by atoms with E-state index in [0.717, 1.165) is 50.3 Å². The van der Waals surface area contributed by atoms with E-state index < -0.39 is 0 Å².